The quantitative estimate of drug-likeness (QED) is 0.628. The maximum absolute atomic E-state index is 11.3. The highest BCUT2D eigenvalue weighted by molar-refractivity contribution is 14.1. The molecule has 2 nitrogen and oxygen atoms in total. The average Bonchev–Trinajstić information content (AvgIpc) is 2.51. The zero-order valence-electron chi connectivity index (χ0n) is 8.25. The molecule has 0 aliphatic rings. The highest BCUT2D eigenvalue weighted by Gasteiger charge is 2.15. The lowest BCUT2D eigenvalue weighted by Crippen LogP contribution is -2.16. The number of ether oxygens (including phenoxy) is 1. The van der Waals surface area contributed by atoms with E-state index in [1.54, 1.807) is 11.3 Å². The zero-order chi connectivity index (χ0) is 10.6. The summed E-state index contributed by atoms with van der Waals surface area (Å²) in [6.07, 6.45) is 0.784. The molecule has 0 aliphatic carbocycles. The van der Waals surface area contributed by atoms with Gasteiger partial charge in [0.15, 0.2) is 0 Å². The highest BCUT2D eigenvalue weighted by atomic mass is 127. The van der Waals surface area contributed by atoms with Gasteiger partial charge in [0.2, 0.25) is 0 Å². The number of thiophene rings is 1. The highest BCUT2D eigenvalue weighted by Crippen LogP contribution is 2.21. The van der Waals surface area contributed by atoms with E-state index in [0.717, 1.165) is 6.42 Å². The molecular formula is C10H13IO2S. The van der Waals surface area contributed by atoms with E-state index in [2.05, 4.69) is 34.7 Å². The zero-order valence-corrected chi connectivity index (χ0v) is 11.2. The molecule has 1 unspecified atom stereocenters. The van der Waals surface area contributed by atoms with Crippen molar-refractivity contribution < 1.29 is 9.53 Å². The van der Waals surface area contributed by atoms with E-state index >= 15 is 0 Å². The lowest BCUT2D eigenvalue weighted by atomic mass is 10.1. The van der Waals surface area contributed by atoms with Crippen LogP contribution in [0.3, 0.4) is 0 Å². The van der Waals surface area contributed by atoms with Gasteiger partial charge in [0.25, 0.3) is 0 Å². The van der Waals surface area contributed by atoms with Gasteiger partial charge in [-0.05, 0) is 48.1 Å². The molecule has 1 aromatic rings. The van der Waals surface area contributed by atoms with Gasteiger partial charge in [0, 0.05) is 4.88 Å². The van der Waals surface area contributed by atoms with Gasteiger partial charge >= 0.3 is 5.97 Å². The monoisotopic (exact) mass is 324 g/mol. The molecule has 0 aliphatic heterocycles. The molecule has 1 atom stereocenters. The first-order valence-corrected chi connectivity index (χ1v) is 6.44. The minimum atomic E-state index is -0.101. The largest absolute Gasteiger partial charge is 0.466 e. The molecule has 1 rings (SSSR count). The lowest BCUT2D eigenvalue weighted by Gasteiger charge is -2.08. The Morgan fingerprint density at radius 2 is 2.36 bits per heavy atom. The fourth-order valence-corrected chi connectivity index (χ4v) is 3.02. The maximum atomic E-state index is 11.3. The van der Waals surface area contributed by atoms with Gasteiger partial charge in [-0.2, -0.15) is 0 Å². The molecule has 0 amide bonds. The molecule has 0 bridgehead atoms. The summed E-state index contributed by atoms with van der Waals surface area (Å²) in [6, 6.07) is 4.14. The summed E-state index contributed by atoms with van der Waals surface area (Å²) in [6.45, 7) is 4.20. The van der Waals surface area contributed by atoms with Crippen LogP contribution in [-0.4, -0.2) is 12.6 Å². The van der Waals surface area contributed by atoms with E-state index in [1.807, 2.05) is 13.8 Å². The van der Waals surface area contributed by atoms with Crippen LogP contribution in [0.2, 0.25) is 0 Å². The van der Waals surface area contributed by atoms with Crippen molar-refractivity contribution in [3.8, 4) is 0 Å². The average molecular weight is 324 g/mol. The fourth-order valence-electron chi connectivity index (χ4n) is 1.13. The van der Waals surface area contributed by atoms with E-state index in [9.17, 15) is 4.79 Å². The van der Waals surface area contributed by atoms with Crippen LogP contribution < -0.4 is 0 Å². The van der Waals surface area contributed by atoms with Gasteiger partial charge in [0.1, 0.15) is 0 Å². The Hall–Kier alpha value is -0.100. The van der Waals surface area contributed by atoms with Gasteiger partial charge in [-0.3, -0.25) is 4.79 Å². The van der Waals surface area contributed by atoms with Crippen molar-refractivity contribution in [1.29, 1.82) is 0 Å². The Morgan fingerprint density at radius 1 is 1.64 bits per heavy atom. The SMILES string of the molecule is CCOC(=O)C(C)Cc1ccc(I)s1. The number of halogens is 1. The summed E-state index contributed by atoms with van der Waals surface area (Å²) in [4.78, 5) is 12.6. The first-order valence-electron chi connectivity index (χ1n) is 4.54. The number of carbonyl (C=O) groups is 1. The second-order valence-electron chi connectivity index (χ2n) is 3.06. The molecular weight excluding hydrogens is 311 g/mol. The minimum absolute atomic E-state index is 0.0376. The third-order valence-corrected chi connectivity index (χ3v) is 3.74. The van der Waals surface area contributed by atoms with Crippen molar-refractivity contribution in [1.82, 2.24) is 0 Å². The molecule has 1 heterocycles. The molecule has 0 fully saturated rings. The molecule has 0 spiro atoms. The van der Waals surface area contributed by atoms with Crippen LogP contribution in [0.15, 0.2) is 12.1 Å². The van der Waals surface area contributed by atoms with Crippen LogP contribution in [0.25, 0.3) is 0 Å². The van der Waals surface area contributed by atoms with E-state index in [-0.39, 0.29) is 11.9 Å². The van der Waals surface area contributed by atoms with E-state index in [0.29, 0.717) is 6.61 Å². The summed E-state index contributed by atoms with van der Waals surface area (Å²) in [5, 5.41) is 0. The third kappa shape index (κ3) is 3.57. The first-order chi connectivity index (χ1) is 6.63. The maximum Gasteiger partial charge on any atom is 0.309 e. The van der Waals surface area contributed by atoms with Crippen LogP contribution in [0, 0.1) is 8.80 Å². The van der Waals surface area contributed by atoms with Gasteiger partial charge < -0.3 is 4.74 Å². The van der Waals surface area contributed by atoms with Crippen molar-refractivity contribution >= 4 is 39.9 Å². The summed E-state index contributed by atoms with van der Waals surface area (Å²) in [5.41, 5.74) is 0. The van der Waals surface area contributed by atoms with Crippen LogP contribution in [0.1, 0.15) is 18.7 Å². The molecule has 0 saturated carbocycles. The van der Waals surface area contributed by atoms with Crippen LogP contribution >= 0.6 is 33.9 Å². The molecule has 0 radical (unpaired) electrons. The second kappa shape index (κ2) is 5.70. The predicted octanol–water partition coefficient (Wildman–Crippen LogP) is 3.09. The van der Waals surface area contributed by atoms with E-state index < -0.39 is 0 Å². The van der Waals surface area contributed by atoms with E-state index in [4.69, 9.17) is 4.74 Å². The molecule has 0 N–H and O–H groups in total. The summed E-state index contributed by atoms with van der Waals surface area (Å²) >= 11 is 4.01. The normalized spacial score (nSPS) is 12.5. The Balaban J connectivity index is 2.48. The Labute approximate surface area is 102 Å². The number of esters is 1. The molecule has 1 aromatic heterocycles. The van der Waals surface area contributed by atoms with Gasteiger partial charge in [-0.15, -0.1) is 11.3 Å². The molecule has 14 heavy (non-hydrogen) atoms. The second-order valence-corrected chi connectivity index (χ2v) is 6.13. The smallest absolute Gasteiger partial charge is 0.309 e. The standard InChI is InChI=1S/C10H13IO2S/c1-3-13-10(12)7(2)6-8-4-5-9(11)14-8/h4-5,7H,3,6H2,1-2H3. The van der Waals surface area contributed by atoms with Crippen LogP contribution in [0.4, 0.5) is 0 Å². The van der Waals surface area contributed by atoms with Crippen LogP contribution in [-0.2, 0) is 16.0 Å². The predicted molar refractivity (Wildman–Crippen MR) is 66.5 cm³/mol. The summed E-state index contributed by atoms with van der Waals surface area (Å²) < 4.78 is 6.20. The Kier molecular flexibility index (Phi) is 4.88. The van der Waals surface area contributed by atoms with Crippen molar-refractivity contribution in [2.45, 2.75) is 20.3 Å². The Morgan fingerprint density at radius 3 is 2.86 bits per heavy atom. The minimum Gasteiger partial charge on any atom is -0.466 e. The lowest BCUT2D eigenvalue weighted by molar-refractivity contribution is -0.147. The number of carbonyl (C=O) groups excluding carboxylic acids is 1. The van der Waals surface area contributed by atoms with Crippen molar-refractivity contribution in [3.05, 3.63) is 19.9 Å². The van der Waals surface area contributed by atoms with Crippen molar-refractivity contribution in [2.75, 3.05) is 6.61 Å². The molecule has 78 valence electrons. The third-order valence-electron chi connectivity index (χ3n) is 1.83. The van der Waals surface area contributed by atoms with Crippen LogP contribution in [0.5, 0.6) is 0 Å². The van der Waals surface area contributed by atoms with Gasteiger partial charge in [-0.25, -0.2) is 0 Å². The number of hydrogen-bond acceptors (Lipinski definition) is 3. The van der Waals surface area contributed by atoms with Crippen molar-refractivity contribution in [2.24, 2.45) is 5.92 Å². The molecule has 0 saturated heterocycles. The van der Waals surface area contributed by atoms with Crippen molar-refractivity contribution in [3.63, 3.8) is 0 Å². The topological polar surface area (TPSA) is 26.3 Å². The molecule has 0 aromatic carbocycles. The number of hydrogen-bond donors (Lipinski definition) is 0. The summed E-state index contributed by atoms with van der Waals surface area (Å²) in [5.74, 6) is -0.139. The van der Waals surface area contributed by atoms with Gasteiger partial charge in [0.05, 0.1) is 15.4 Å². The van der Waals surface area contributed by atoms with E-state index in [1.165, 1.54) is 7.76 Å². The first kappa shape index (κ1) is 12.0. The number of rotatable bonds is 4. The summed E-state index contributed by atoms with van der Waals surface area (Å²) in [7, 11) is 0. The van der Waals surface area contributed by atoms with Gasteiger partial charge in [-0.1, -0.05) is 6.92 Å². The fraction of sp³-hybridized carbons (Fsp3) is 0.500. The Bertz CT molecular complexity index is 309. The molecule has 4 heteroatoms.